The van der Waals surface area contributed by atoms with Crippen LogP contribution in [0.25, 0.3) is 0 Å². The van der Waals surface area contributed by atoms with Crippen LogP contribution in [0.1, 0.15) is 65.9 Å². The molecule has 11 heteroatoms. The third-order valence-corrected chi connectivity index (χ3v) is 6.85. The Kier molecular flexibility index (Phi) is 9.55. The van der Waals surface area contributed by atoms with Gasteiger partial charge in [0.25, 0.3) is 5.91 Å². The maximum atomic E-state index is 15.2. The number of nitrogens with zero attached hydrogens (tertiary/aromatic N) is 3. The van der Waals surface area contributed by atoms with E-state index in [1.807, 2.05) is 20.8 Å². The van der Waals surface area contributed by atoms with Crippen molar-refractivity contribution in [2.75, 3.05) is 18.7 Å². The average Bonchev–Trinajstić information content (AvgIpc) is 2.94. The van der Waals surface area contributed by atoms with E-state index in [0.29, 0.717) is 36.5 Å². The summed E-state index contributed by atoms with van der Waals surface area (Å²) in [5, 5.41) is 3.96. The molecule has 0 aliphatic carbocycles. The lowest BCUT2D eigenvalue weighted by Gasteiger charge is -2.31. The number of halogens is 1. The Balaban J connectivity index is 1.46. The number of nitrogens with one attached hydrogen (secondary N) is 1. The van der Waals surface area contributed by atoms with Crippen molar-refractivity contribution in [2.24, 2.45) is 11.6 Å². The van der Waals surface area contributed by atoms with Crippen molar-refractivity contribution in [1.82, 2.24) is 15.2 Å². The van der Waals surface area contributed by atoms with E-state index in [9.17, 15) is 9.59 Å². The van der Waals surface area contributed by atoms with Gasteiger partial charge in [-0.1, -0.05) is 18.2 Å². The van der Waals surface area contributed by atoms with Crippen molar-refractivity contribution in [3.8, 4) is 5.75 Å². The molecule has 0 radical (unpaired) electrons. The molecule has 0 fully saturated rings. The molecule has 0 saturated heterocycles. The molecule has 0 atom stereocenters. The molecule has 2 amide bonds. The lowest BCUT2D eigenvalue weighted by Crippen LogP contribution is -2.39. The number of carbonyl (C=O) groups excluding carboxylic acids is 2. The molecule has 1 aliphatic rings. The summed E-state index contributed by atoms with van der Waals surface area (Å²) >= 11 is 0. The lowest BCUT2D eigenvalue weighted by atomic mass is 9.95. The van der Waals surface area contributed by atoms with Crippen LogP contribution in [0.3, 0.4) is 0 Å². The summed E-state index contributed by atoms with van der Waals surface area (Å²) in [5.41, 5.74) is 10.5. The number of anilines is 1. The van der Waals surface area contributed by atoms with Crippen molar-refractivity contribution >= 4 is 17.7 Å². The first-order valence-electron chi connectivity index (χ1n) is 14.0. The van der Waals surface area contributed by atoms with Crippen LogP contribution < -0.4 is 26.6 Å². The van der Waals surface area contributed by atoms with Crippen LogP contribution in [0.15, 0.2) is 60.7 Å². The van der Waals surface area contributed by atoms with Gasteiger partial charge in [-0.3, -0.25) is 14.8 Å². The van der Waals surface area contributed by atoms with Gasteiger partial charge in [-0.05, 0) is 81.0 Å². The van der Waals surface area contributed by atoms with Crippen LogP contribution in [0, 0.1) is 5.82 Å². The number of fused-ring (bicyclic) bond motifs is 1. The predicted octanol–water partition coefficient (Wildman–Crippen LogP) is 4.54. The highest BCUT2D eigenvalue weighted by Gasteiger charge is 2.26. The number of rotatable bonds is 8. The molecule has 0 bridgehead atoms. The lowest BCUT2D eigenvalue weighted by molar-refractivity contribution is 0.0224. The van der Waals surface area contributed by atoms with Crippen LogP contribution in [-0.4, -0.2) is 41.1 Å². The van der Waals surface area contributed by atoms with E-state index in [4.69, 9.17) is 21.1 Å². The molecule has 43 heavy (non-hydrogen) atoms. The number of allylic oxidation sites excluding steroid dienone is 1. The summed E-state index contributed by atoms with van der Waals surface area (Å²) in [6, 6.07) is 11.0. The van der Waals surface area contributed by atoms with Crippen molar-refractivity contribution in [2.45, 2.75) is 59.2 Å². The SMILES string of the molecule is COc1ccc(N(N)/C=C(/C)N)c(CNC(=O)c2cncc(Cc3ccc4c(c3)CN(C(=O)OC(C)(C)C)CC4)c2)c1F. The summed E-state index contributed by atoms with van der Waals surface area (Å²) < 4.78 is 25.9. The monoisotopic (exact) mass is 590 g/mol. The summed E-state index contributed by atoms with van der Waals surface area (Å²) in [6.07, 6.45) is 5.59. The van der Waals surface area contributed by atoms with Crippen LogP contribution in [-0.2, 0) is 30.7 Å². The molecule has 3 aromatic rings. The molecule has 1 aliphatic heterocycles. The summed E-state index contributed by atoms with van der Waals surface area (Å²) in [4.78, 5) is 31.7. The fraction of sp³-hybridized carbons (Fsp3) is 0.344. The first-order chi connectivity index (χ1) is 20.3. The normalized spacial score (nSPS) is 13.3. The van der Waals surface area contributed by atoms with Crippen LogP contribution in [0.2, 0.25) is 0 Å². The summed E-state index contributed by atoms with van der Waals surface area (Å²) in [5.74, 6) is 5.05. The smallest absolute Gasteiger partial charge is 0.410 e. The van der Waals surface area contributed by atoms with Gasteiger partial charge >= 0.3 is 6.09 Å². The van der Waals surface area contributed by atoms with Gasteiger partial charge in [-0.2, -0.15) is 0 Å². The fourth-order valence-corrected chi connectivity index (χ4v) is 4.86. The van der Waals surface area contributed by atoms with E-state index in [1.165, 1.54) is 36.1 Å². The zero-order valence-electron chi connectivity index (χ0n) is 25.2. The number of nitrogens with two attached hydrogens (primary N) is 2. The minimum Gasteiger partial charge on any atom is -0.494 e. The quantitative estimate of drug-likeness (QED) is 0.257. The Morgan fingerprint density at radius 3 is 2.60 bits per heavy atom. The van der Waals surface area contributed by atoms with Gasteiger partial charge in [-0.25, -0.2) is 15.0 Å². The van der Waals surface area contributed by atoms with Crippen molar-refractivity contribution in [3.05, 3.63) is 99.9 Å². The Hall–Kier alpha value is -4.64. The van der Waals surface area contributed by atoms with E-state index in [1.54, 1.807) is 30.2 Å². The Morgan fingerprint density at radius 1 is 1.14 bits per heavy atom. The number of carbonyl (C=O) groups is 2. The molecule has 0 spiro atoms. The first kappa shape index (κ1) is 31.3. The van der Waals surface area contributed by atoms with E-state index in [0.717, 1.165) is 23.1 Å². The van der Waals surface area contributed by atoms with Crippen LogP contribution >= 0.6 is 0 Å². The third-order valence-electron chi connectivity index (χ3n) is 6.85. The highest BCUT2D eigenvalue weighted by atomic mass is 19.1. The number of hydrogen-bond donors (Lipinski definition) is 3. The largest absolute Gasteiger partial charge is 0.494 e. The topological polar surface area (TPSA) is 136 Å². The second-order valence-corrected chi connectivity index (χ2v) is 11.6. The zero-order valence-corrected chi connectivity index (χ0v) is 25.2. The summed E-state index contributed by atoms with van der Waals surface area (Å²) in [6.45, 7) is 8.15. The molecular weight excluding hydrogens is 551 g/mol. The standard InChI is InChI=1S/C32H39FN6O4/c1-20(34)18-39(35)27-8-9-28(42-5)29(33)26(27)17-37-30(40)24-14-22(15-36-16-24)12-21-6-7-23-10-11-38(19-25(23)13-21)31(41)43-32(2,3)4/h6-9,13-16,18H,10-12,17,19,34-35H2,1-5H3,(H,37,40)/b20-18-. The van der Waals surface area contributed by atoms with Gasteiger partial charge in [0.1, 0.15) is 5.60 Å². The van der Waals surface area contributed by atoms with E-state index in [-0.39, 0.29) is 24.0 Å². The number of benzene rings is 2. The molecule has 2 aromatic carbocycles. The number of ether oxygens (including phenoxy) is 2. The maximum Gasteiger partial charge on any atom is 0.410 e. The van der Waals surface area contributed by atoms with Crippen LogP contribution in [0.5, 0.6) is 5.75 Å². The Bertz CT molecular complexity index is 1530. The number of hydrazine groups is 1. The third kappa shape index (κ3) is 8.01. The molecule has 0 unspecified atom stereocenters. The van der Waals surface area contributed by atoms with Gasteiger partial charge in [0.15, 0.2) is 11.6 Å². The number of aromatic nitrogens is 1. The molecule has 228 valence electrons. The summed E-state index contributed by atoms with van der Waals surface area (Å²) in [7, 11) is 1.36. The van der Waals surface area contributed by atoms with Crippen molar-refractivity contribution < 1.29 is 23.5 Å². The number of methoxy groups -OCH3 is 1. The van der Waals surface area contributed by atoms with Crippen molar-refractivity contribution in [1.29, 1.82) is 0 Å². The second kappa shape index (κ2) is 13.1. The van der Waals surface area contributed by atoms with Gasteiger partial charge in [-0.15, -0.1) is 0 Å². The molecule has 4 rings (SSSR count). The highest BCUT2D eigenvalue weighted by Crippen LogP contribution is 2.29. The number of hydrogen-bond acceptors (Lipinski definition) is 8. The maximum absolute atomic E-state index is 15.2. The second-order valence-electron chi connectivity index (χ2n) is 11.6. The van der Waals surface area contributed by atoms with Gasteiger partial charge in [0.05, 0.1) is 18.4 Å². The average molecular weight is 591 g/mol. The molecule has 5 N–H and O–H groups in total. The minimum atomic E-state index is -0.636. The number of amides is 2. The predicted molar refractivity (Wildman–Crippen MR) is 163 cm³/mol. The Morgan fingerprint density at radius 2 is 1.91 bits per heavy atom. The minimum absolute atomic E-state index is 0.0257. The molecule has 1 aromatic heterocycles. The van der Waals surface area contributed by atoms with E-state index < -0.39 is 17.3 Å². The van der Waals surface area contributed by atoms with Gasteiger partial charge in [0, 0.05) is 49.5 Å². The van der Waals surface area contributed by atoms with E-state index in [2.05, 4.69) is 28.5 Å². The fourth-order valence-electron chi connectivity index (χ4n) is 4.86. The molecule has 10 nitrogen and oxygen atoms in total. The highest BCUT2D eigenvalue weighted by molar-refractivity contribution is 5.94. The van der Waals surface area contributed by atoms with Crippen molar-refractivity contribution in [3.63, 3.8) is 0 Å². The zero-order chi connectivity index (χ0) is 31.3. The molecule has 2 heterocycles. The van der Waals surface area contributed by atoms with E-state index >= 15 is 4.39 Å². The Labute approximate surface area is 251 Å². The molecular formula is C32H39FN6O4. The number of pyridine rings is 1. The van der Waals surface area contributed by atoms with Gasteiger partial charge < -0.3 is 25.4 Å². The van der Waals surface area contributed by atoms with Crippen LogP contribution in [0.4, 0.5) is 14.9 Å². The first-order valence-corrected chi connectivity index (χ1v) is 14.0. The van der Waals surface area contributed by atoms with Gasteiger partial charge in [0.2, 0.25) is 0 Å². The molecule has 0 saturated carbocycles.